The molecule has 1 aromatic heterocycles. The average molecular weight is 334 g/mol. The molecule has 0 saturated heterocycles. The number of hydrogen-bond acceptors (Lipinski definition) is 3. The second-order valence-corrected chi connectivity index (χ2v) is 6.98. The molecule has 112 valence electrons. The molecular weight excluding hydrogens is 322 g/mol. The van der Waals surface area contributed by atoms with Crippen molar-refractivity contribution in [2.24, 2.45) is 0 Å². The number of fused-ring (bicyclic) bond motifs is 1. The van der Waals surface area contributed by atoms with E-state index in [0.717, 1.165) is 3.97 Å². The Bertz CT molecular complexity index is 975. The molecule has 0 aliphatic rings. The molecule has 0 spiro atoms. The summed E-state index contributed by atoms with van der Waals surface area (Å²) in [5.41, 5.74) is 0.369. The summed E-state index contributed by atoms with van der Waals surface area (Å²) >= 11 is 6.24. The van der Waals surface area contributed by atoms with E-state index in [2.05, 4.69) is 0 Å². The normalized spacial score (nSPS) is 11.7. The second kappa shape index (κ2) is 5.26. The molecule has 1 heterocycles. The van der Waals surface area contributed by atoms with E-state index in [1.165, 1.54) is 19.1 Å². The van der Waals surface area contributed by atoms with E-state index >= 15 is 0 Å². The summed E-state index contributed by atoms with van der Waals surface area (Å²) in [6.07, 6.45) is 0. The molecule has 22 heavy (non-hydrogen) atoms. The van der Waals surface area contributed by atoms with Crippen LogP contribution in [0.1, 0.15) is 17.4 Å². The van der Waals surface area contributed by atoms with Gasteiger partial charge in [0.05, 0.1) is 15.4 Å². The highest BCUT2D eigenvalue weighted by Crippen LogP contribution is 2.33. The number of Topliss-reactive ketones (excluding diaryl/α,β-unsaturated/α-hetero) is 1. The molecular formula is C16H12ClNO3S. The van der Waals surface area contributed by atoms with Crippen LogP contribution in [0.3, 0.4) is 0 Å². The summed E-state index contributed by atoms with van der Waals surface area (Å²) in [6, 6.07) is 14.8. The third-order valence-corrected chi connectivity index (χ3v) is 5.50. The summed E-state index contributed by atoms with van der Waals surface area (Å²) in [6.45, 7) is 1.30. The molecule has 0 unspecified atom stereocenters. The van der Waals surface area contributed by atoms with Gasteiger partial charge in [-0.05, 0) is 18.2 Å². The van der Waals surface area contributed by atoms with Crippen molar-refractivity contribution >= 4 is 38.3 Å². The fourth-order valence-corrected chi connectivity index (χ4v) is 4.44. The van der Waals surface area contributed by atoms with Crippen LogP contribution in [-0.4, -0.2) is 18.2 Å². The number of ketones is 1. The smallest absolute Gasteiger partial charge is 0.268 e. The first-order valence-corrected chi connectivity index (χ1v) is 8.37. The molecule has 3 rings (SSSR count). The maximum Gasteiger partial charge on any atom is 0.268 e. The lowest BCUT2D eigenvalue weighted by molar-refractivity contribution is 0.101. The Morgan fingerprint density at radius 2 is 1.59 bits per heavy atom. The Hall–Kier alpha value is -2.11. The molecule has 0 radical (unpaired) electrons. The van der Waals surface area contributed by atoms with E-state index in [-0.39, 0.29) is 15.6 Å². The van der Waals surface area contributed by atoms with Crippen LogP contribution in [-0.2, 0) is 10.0 Å². The number of carbonyl (C=O) groups excluding carboxylic acids is 1. The van der Waals surface area contributed by atoms with Gasteiger partial charge in [-0.2, -0.15) is 0 Å². The van der Waals surface area contributed by atoms with Crippen LogP contribution < -0.4 is 0 Å². The van der Waals surface area contributed by atoms with Crippen molar-refractivity contribution in [3.63, 3.8) is 0 Å². The Balaban J connectivity index is 2.45. The van der Waals surface area contributed by atoms with Crippen LogP contribution in [0.2, 0.25) is 5.02 Å². The molecule has 0 saturated carbocycles. The van der Waals surface area contributed by atoms with Gasteiger partial charge in [-0.25, -0.2) is 12.4 Å². The van der Waals surface area contributed by atoms with Gasteiger partial charge in [0.1, 0.15) is 5.69 Å². The zero-order valence-corrected chi connectivity index (χ0v) is 13.2. The fourth-order valence-electron chi connectivity index (χ4n) is 2.42. The number of para-hydroxylation sites is 1. The van der Waals surface area contributed by atoms with Gasteiger partial charge >= 0.3 is 0 Å². The third kappa shape index (κ3) is 2.14. The lowest BCUT2D eigenvalue weighted by atomic mass is 10.2. The van der Waals surface area contributed by atoms with Crippen molar-refractivity contribution in [2.75, 3.05) is 0 Å². The molecule has 0 amide bonds. The van der Waals surface area contributed by atoms with Gasteiger partial charge in [-0.15, -0.1) is 0 Å². The van der Waals surface area contributed by atoms with Gasteiger partial charge in [-0.1, -0.05) is 48.0 Å². The zero-order valence-electron chi connectivity index (χ0n) is 11.7. The highest BCUT2D eigenvalue weighted by atomic mass is 35.5. The molecule has 0 atom stereocenters. The van der Waals surface area contributed by atoms with E-state index in [0.29, 0.717) is 10.9 Å². The van der Waals surface area contributed by atoms with E-state index in [1.807, 2.05) is 0 Å². The summed E-state index contributed by atoms with van der Waals surface area (Å²) in [4.78, 5) is 12.1. The van der Waals surface area contributed by atoms with Crippen LogP contribution in [0.15, 0.2) is 59.5 Å². The largest absolute Gasteiger partial charge is 0.293 e. The zero-order chi connectivity index (χ0) is 15.9. The van der Waals surface area contributed by atoms with Crippen molar-refractivity contribution < 1.29 is 13.2 Å². The SMILES string of the molecule is CC(=O)c1c(Cl)c2ccccc2n1S(=O)(=O)c1ccccc1. The summed E-state index contributed by atoms with van der Waals surface area (Å²) in [5.74, 6) is -0.402. The Kier molecular flexibility index (Phi) is 3.54. The molecule has 0 N–H and O–H groups in total. The number of carbonyl (C=O) groups is 1. The molecule has 4 nitrogen and oxygen atoms in total. The van der Waals surface area contributed by atoms with E-state index in [9.17, 15) is 13.2 Å². The van der Waals surface area contributed by atoms with E-state index < -0.39 is 15.8 Å². The molecule has 2 aromatic carbocycles. The molecule has 6 heteroatoms. The topological polar surface area (TPSA) is 56.1 Å². The van der Waals surface area contributed by atoms with Gasteiger partial charge in [0, 0.05) is 12.3 Å². The quantitative estimate of drug-likeness (QED) is 0.686. The summed E-state index contributed by atoms with van der Waals surface area (Å²) < 4.78 is 26.9. The molecule has 0 bridgehead atoms. The molecule has 3 aromatic rings. The second-order valence-electron chi connectivity index (χ2n) is 4.82. The Morgan fingerprint density at radius 1 is 1.00 bits per heavy atom. The maximum atomic E-state index is 12.9. The van der Waals surface area contributed by atoms with E-state index in [4.69, 9.17) is 11.6 Å². The minimum absolute atomic E-state index is 0.0216. The van der Waals surface area contributed by atoms with Crippen LogP contribution in [0.4, 0.5) is 0 Å². The number of rotatable bonds is 3. The first-order valence-electron chi connectivity index (χ1n) is 6.55. The van der Waals surface area contributed by atoms with Crippen molar-refractivity contribution in [2.45, 2.75) is 11.8 Å². The van der Waals surface area contributed by atoms with Gasteiger partial charge in [0.15, 0.2) is 5.78 Å². The average Bonchev–Trinajstić information content (AvgIpc) is 2.82. The Labute approximate surface area is 133 Å². The minimum Gasteiger partial charge on any atom is -0.293 e. The minimum atomic E-state index is -3.91. The van der Waals surface area contributed by atoms with Crippen molar-refractivity contribution in [3.8, 4) is 0 Å². The number of nitrogens with zero attached hydrogens (tertiary/aromatic N) is 1. The molecule has 0 fully saturated rings. The maximum absolute atomic E-state index is 12.9. The number of aromatic nitrogens is 1. The lowest BCUT2D eigenvalue weighted by Gasteiger charge is -2.10. The highest BCUT2D eigenvalue weighted by Gasteiger charge is 2.28. The number of benzene rings is 2. The summed E-state index contributed by atoms with van der Waals surface area (Å²) in [7, 11) is -3.91. The van der Waals surface area contributed by atoms with Gasteiger partial charge in [0.25, 0.3) is 10.0 Å². The fraction of sp³-hybridized carbons (Fsp3) is 0.0625. The van der Waals surface area contributed by atoms with Gasteiger partial charge in [0.2, 0.25) is 0 Å². The van der Waals surface area contributed by atoms with Crippen LogP contribution in [0.25, 0.3) is 10.9 Å². The van der Waals surface area contributed by atoms with Crippen LogP contribution in [0.5, 0.6) is 0 Å². The third-order valence-electron chi connectivity index (χ3n) is 3.39. The summed E-state index contributed by atoms with van der Waals surface area (Å²) in [5, 5.41) is 0.691. The van der Waals surface area contributed by atoms with Crippen LogP contribution >= 0.6 is 11.6 Å². The molecule has 0 aliphatic heterocycles. The van der Waals surface area contributed by atoms with Crippen molar-refractivity contribution in [3.05, 3.63) is 65.3 Å². The number of halogens is 1. The molecule has 0 aliphatic carbocycles. The van der Waals surface area contributed by atoms with E-state index in [1.54, 1.807) is 42.5 Å². The predicted molar refractivity (Wildman–Crippen MR) is 86.0 cm³/mol. The Morgan fingerprint density at radius 3 is 2.23 bits per heavy atom. The first kappa shape index (κ1) is 14.8. The van der Waals surface area contributed by atoms with Gasteiger partial charge in [-0.3, -0.25) is 4.79 Å². The van der Waals surface area contributed by atoms with Crippen molar-refractivity contribution in [1.82, 2.24) is 3.97 Å². The highest BCUT2D eigenvalue weighted by molar-refractivity contribution is 7.90. The van der Waals surface area contributed by atoms with Crippen LogP contribution in [0, 0.1) is 0 Å². The standard InChI is InChI=1S/C16H12ClNO3S/c1-11(19)16-15(17)13-9-5-6-10-14(13)18(16)22(20,21)12-7-3-2-4-8-12/h2-10H,1H3. The van der Waals surface area contributed by atoms with Gasteiger partial charge < -0.3 is 0 Å². The van der Waals surface area contributed by atoms with Crippen molar-refractivity contribution in [1.29, 1.82) is 0 Å². The first-order chi connectivity index (χ1) is 10.4. The predicted octanol–water partition coefficient (Wildman–Crippen LogP) is 3.73. The number of hydrogen-bond donors (Lipinski definition) is 0. The monoisotopic (exact) mass is 333 g/mol. The lowest BCUT2D eigenvalue weighted by Crippen LogP contribution is -2.17.